The van der Waals surface area contributed by atoms with Gasteiger partial charge in [-0.25, -0.2) is 4.79 Å². The number of nitrogens with one attached hydrogen (secondary N) is 1. The van der Waals surface area contributed by atoms with Gasteiger partial charge in [0.2, 0.25) is 5.91 Å². The van der Waals surface area contributed by atoms with Crippen molar-refractivity contribution in [2.75, 3.05) is 39.3 Å². The first-order valence-electron chi connectivity index (χ1n) is 9.42. The molecule has 6 heteroatoms. The number of likely N-dealkylation sites (tertiary alicyclic amines) is 1. The van der Waals surface area contributed by atoms with Crippen LogP contribution in [0.5, 0.6) is 0 Å². The third kappa shape index (κ3) is 4.85. The van der Waals surface area contributed by atoms with Gasteiger partial charge in [0.1, 0.15) is 0 Å². The van der Waals surface area contributed by atoms with E-state index in [9.17, 15) is 9.59 Å². The van der Waals surface area contributed by atoms with Crippen molar-refractivity contribution in [3.63, 3.8) is 0 Å². The van der Waals surface area contributed by atoms with Gasteiger partial charge in [-0.3, -0.25) is 4.79 Å². The van der Waals surface area contributed by atoms with E-state index in [0.29, 0.717) is 19.6 Å². The smallest absolute Gasteiger partial charge is 0.317 e. The molecule has 2 aliphatic heterocycles. The predicted molar refractivity (Wildman–Crippen MR) is 102 cm³/mol. The number of carbonyl (C=O) groups excluding carboxylic acids is 2. The van der Waals surface area contributed by atoms with E-state index in [1.54, 1.807) is 0 Å². The highest BCUT2D eigenvalue weighted by Crippen LogP contribution is 2.22. The summed E-state index contributed by atoms with van der Waals surface area (Å²) in [7, 11) is 0. The van der Waals surface area contributed by atoms with Crippen LogP contribution in [-0.4, -0.2) is 61.0 Å². The summed E-state index contributed by atoms with van der Waals surface area (Å²) in [6.45, 7) is 4.40. The molecule has 2 heterocycles. The lowest BCUT2D eigenvalue weighted by Crippen LogP contribution is -2.47. The molecule has 2 aliphatic rings. The van der Waals surface area contributed by atoms with E-state index in [4.69, 9.17) is 5.73 Å². The highest BCUT2D eigenvalue weighted by atomic mass is 16.2. The van der Waals surface area contributed by atoms with Crippen LogP contribution >= 0.6 is 0 Å². The van der Waals surface area contributed by atoms with Crippen molar-refractivity contribution in [3.05, 3.63) is 42.0 Å². The van der Waals surface area contributed by atoms with Gasteiger partial charge in [0.15, 0.2) is 0 Å². The van der Waals surface area contributed by atoms with Crippen molar-refractivity contribution < 1.29 is 9.59 Å². The number of carbonyl (C=O) groups is 2. The fraction of sp³-hybridized carbons (Fsp3) is 0.500. The molecule has 1 saturated heterocycles. The Morgan fingerprint density at radius 2 is 2.00 bits per heavy atom. The number of hydrogen-bond acceptors (Lipinski definition) is 3. The summed E-state index contributed by atoms with van der Waals surface area (Å²) in [5.74, 6) is -0.267. The lowest BCUT2D eigenvalue weighted by atomic mass is 9.97. The van der Waals surface area contributed by atoms with Crippen molar-refractivity contribution in [1.82, 2.24) is 15.1 Å². The number of rotatable bonds is 5. The Bertz CT molecular complexity index is 659. The molecular weight excluding hydrogens is 328 g/mol. The van der Waals surface area contributed by atoms with Gasteiger partial charge in [0.05, 0.1) is 5.92 Å². The summed E-state index contributed by atoms with van der Waals surface area (Å²) in [5, 5.41) is 3.00. The number of piperidine rings is 1. The fourth-order valence-corrected chi connectivity index (χ4v) is 3.69. The second-order valence-electron chi connectivity index (χ2n) is 7.07. The molecule has 0 radical (unpaired) electrons. The third-order valence-corrected chi connectivity index (χ3v) is 5.25. The summed E-state index contributed by atoms with van der Waals surface area (Å²) < 4.78 is 0. The Morgan fingerprint density at radius 3 is 2.69 bits per heavy atom. The molecule has 0 bridgehead atoms. The lowest BCUT2D eigenvalue weighted by Gasteiger charge is -2.31. The van der Waals surface area contributed by atoms with Gasteiger partial charge >= 0.3 is 6.03 Å². The van der Waals surface area contributed by atoms with Crippen LogP contribution in [0, 0.1) is 5.92 Å². The number of amides is 3. The quantitative estimate of drug-likeness (QED) is 0.843. The van der Waals surface area contributed by atoms with Crippen LogP contribution in [0.2, 0.25) is 0 Å². The Labute approximate surface area is 155 Å². The number of urea groups is 1. The maximum absolute atomic E-state index is 12.3. The molecule has 1 atom stereocenters. The van der Waals surface area contributed by atoms with Crippen molar-refractivity contribution in [2.45, 2.75) is 19.3 Å². The minimum Gasteiger partial charge on any atom is -0.369 e. The molecule has 0 aromatic heterocycles. The molecule has 3 amide bonds. The summed E-state index contributed by atoms with van der Waals surface area (Å²) >= 11 is 0. The summed E-state index contributed by atoms with van der Waals surface area (Å²) in [6.07, 6.45) is 4.88. The SMILES string of the molecule is NC(=O)[C@H]1CCCN(CCNC(=O)N2CC=C(c3ccccc3)CC2)C1. The first-order chi connectivity index (χ1) is 12.6. The third-order valence-electron chi connectivity index (χ3n) is 5.25. The van der Waals surface area contributed by atoms with E-state index in [2.05, 4.69) is 28.4 Å². The zero-order valence-corrected chi connectivity index (χ0v) is 15.2. The lowest BCUT2D eigenvalue weighted by molar-refractivity contribution is -0.123. The van der Waals surface area contributed by atoms with E-state index < -0.39 is 0 Å². The number of hydrogen-bond donors (Lipinski definition) is 2. The van der Waals surface area contributed by atoms with Crippen LogP contribution < -0.4 is 11.1 Å². The van der Waals surface area contributed by atoms with E-state index in [1.807, 2.05) is 23.1 Å². The van der Waals surface area contributed by atoms with E-state index in [-0.39, 0.29) is 17.9 Å². The van der Waals surface area contributed by atoms with E-state index in [0.717, 1.165) is 38.9 Å². The monoisotopic (exact) mass is 356 g/mol. The predicted octanol–water partition coefficient (Wildman–Crippen LogP) is 1.68. The molecule has 0 unspecified atom stereocenters. The maximum Gasteiger partial charge on any atom is 0.317 e. The molecule has 6 nitrogen and oxygen atoms in total. The van der Waals surface area contributed by atoms with Gasteiger partial charge in [0.25, 0.3) is 0 Å². The summed E-state index contributed by atoms with van der Waals surface area (Å²) in [4.78, 5) is 27.7. The standard InChI is InChI=1S/C20H28N4O2/c21-19(25)18-7-4-11-23(15-18)14-10-22-20(26)24-12-8-17(9-13-24)16-5-2-1-3-6-16/h1-3,5-6,8,18H,4,7,9-15H2,(H2,21,25)(H,22,26)/t18-/m0/s1. The number of benzene rings is 1. The number of nitrogens with two attached hydrogens (primary N) is 1. The highest BCUT2D eigenvalue weighted by molar-refractivity contribution is 5.77. The first kappa shape index (κ1) is 18.5. The minimum absolute atomic E-state index is 0.0168. The van der Waals surface area contributed by atoms with Crippen LogP contribution in [0.15, 0.2) is 36.4 Å². The van der Waals surface area contributed by atoms with Gasteiger partial charge in [-0.05, 0) is 36.9 Å². The molecule has 1 aromatic carbocycles. The topological polar surface area (TPSA) is 78.7 Å². The Hall–Kier alpha value is -2.34. The van der Waals surface area contributed by atoms with Crippen molar-refractivity contribution in [3.8, 4) is 0 Å². The first-order valence-corrected chi connectivity index (χ1v) is 9.42. The van der Waals surface area contributed by atoms with Crippen molar-refractivity contribution in [2.24, 2.45) is 11.7 Å². The zero-order chi connectivity index (χ0) is 18.4. The zero-order valence-electron chi connectivity index (χ0n) is 15.2. The summed E-state index contributed by atoms with van der Waals surface area (Å²) in [6, 6.07) is 10.3. The molecule has 0 aliphatic carbocycles. The molecular formula is C20H28N4O2. The average Bonchev–Trinajstić information content (AvgIpc) is 2.69. The highest BCUT2D eigenvalue weighted by Gasteiger charge is 2.24. The number of nitrogens with zero attached hydrogens (tertiary/aromatic N) is 2. The van der Waals surface area contributed by atoms with Crippen molar-refractivity contribution >= 4 is 17.5 Å². The molecule has 3 rings (SSSR count). The van der Waals surface area contributed by atoms with Gasteiger partial charge in [-0.2, -0.15) is 0 Å². The van der Waals surface area contributed by atoms with Gasteiger partial charge < -0.3 is 20.9 Å². The maximum atomic E-state index is 12.3. The second kappa shape index (κ2) is 8.85. The van der Waals surface area contributed by atoms with E-state index in [1.165, 1.54) is 11.1 Å². The molecule has 1 fully saturated rings. The average molecular weight is 356 g/mol. The van der Waals surface area contributed by atoms with Gasteiger partial charge in [0, 0.05) is 32.7 Å². The molecule has 0 spiro atoms. The molecule has 3 N–H and O–H groups in total. The van der Waals surface area contributed by atoms with Gasteiger partial charge in [-0.1, -0.05) is 36.4 Å². The summed E-state index contributed by atoms with van der Waals surface area (Å²) in [5.41, 5.74) is 7.95. The van der Waals surface area contributed by atoms with E-state index >= 15 is 0 Å². The Morgan fingerprint density at radius 1 is 1.19 bits per heavy atom. The number of primary amides is 1. The Kier molecular flexibility index (Phi) is 6.28. The van der Waals surface area contributed by atoms with Crippen LogP contribution in [0.4, 0.5) is 4.79 Å². The van der Waals surface area contributed by atoms with Crippen LogP contribution in [0.1, 0.15) is 24.8 Å². The molecule has 1 aromatic rings. The van der Waals surface area contributed by atoms with Crippen LogP contribution in [0.3, 0.4) is 0 Å². The Balaban J connectivity index is 1.41. The molecule has 0 saturated carbocycles. The minimum atomic E-state index is -0.215. The largest absolute Gasteiger partial charge is 0.369 e. The molecule has 26 heavy (non-hydrogen) atoms. The van der Waals surface area contributed by atoms with Crippen LogP contribution in [0.25, 0.3) is 5.57 Å². The van der Waals surface area contributed by atoms with Gasteiger partial charge in [-0.15, -0.1) is 0 Å². The van der Waals surface area contributed by atoms with Crippen molar-refractivity contribution in [1.29, 1.82) is 0 Å². The normalized spacial score (nSPS) is 21.2. The second-order valence-corrected chi connectivity index (χ2v) is 7.07. The molecule has 140 valence electrons. The fourth-order valence-electron chi connectivity index (χ4n) is 3.69. The van der Waals surface area contributed by atoms with Crippen LogP contribution in [-0.2, 0) is 4.79 Å².